The number of Topliss-reactive ketones (excluding diaryl/α,β-unsaturated/α-hetero) is 1. The summed E-state index contributed by atoms with van der Waals surface area (Å²) in [5.74, 6) is 0.0426. The summed E-state index contributed by atoms with van der Waals surface area (Å²) in [6.07, 6.45) is 0. The van der Waals surface area contributed by atoms with Gasteiger partial charge in [-0.3, -0.25) is 9.79 Å². The van der Waals surface area contributed by atoms with Gasteiger partial charge >= 0.3 is 0 Å². The maximum absolute atomic E-state index is 12.1. The molecule has 0 saturated carbocycles. The lowest BCUT2D eigenvalue weighted by atomic mass is 9.94. The van der Waals surface area contributed by atoms with Crippen molar-refractivity contribution in [1.29, 1.82) is 0 Å². The first-order chi connectivity index (χ1) is 8.52. The maximum Gasteiger partial charge on any atom is 0.165 e. The Morgan fingerprint density at radius 2 is 1.89 bits per heavy atom. The van der Waals surface area contributed by atoms with Crippen molar-refractivity contribution in [3.8, 4) is 0 Å². The standard InChI is InChI=1S/C15H18N2O/c1-9(2)15(18)12-10(3)17-14(13(12)16)11-7-5-4-6-8-11/h4-10H,16H2,1-3H3. The Hall–Kier alpha value is -1.90. The number of allylic oxidation sites excluding steroid dienone is 1. The van der Waals surface area contributed by atoms with Crippen LogP contribution in [-0.4, -0.2) is 17.5 Å². The summed E-state index contributed by atoms with van der Waals surface area (Å²) in [6.45, 7) is 5.68. The van der Waals surface area contributed by atoms with Gasteiger partial charge < -0.3 is 5.73 Å². The van der Waals surface area contributed by atoms with Crippen LogP contribution in [0.15, 0.2) is 46.6 Å². The number of nitrogens with two attached hydrogens (primary N) is 1. The number of carbonyl (C=O) groups is 1. The van der Waals surface area contributed by atoms with Crippen LogP contribution in [-0.2, 0) is 4.79 Å². The molecule has 1 heterocycles. The zero-order valence-corrected chi connectivity index (χ0v) is 11.0. The molecule has 0 amide bonds. The third-order valence-corrected chi connectivity index (χ3v) is 3.12. The van der Waals surface area contributed by atoms with Crippen molar-refractivity contribution in [2.24, 2.45) is 16.6 Å². The van der Waals surface area contributed by atoms with Gasteiger partial charge in [-0.25, -0.2) is 0 Å². The Kier molecular flexibility index (Phi) is 3.32. The number of hydrogen-bond acceptors (Lipinski definition) is 3. The van der Waals surface area contributed by atoms with Crippen molar-refractivity contribution in [2.45, 2.75) is 26.8 Å². The molecule has 1 aliphatic rings. The minimum atomic E-state index is -0.143. The molecule has 0 spiro atoms. The molecule has 0 radical (unpaired) electrons. The van der Waals surface area contributed by atoms with E-state index in [-0.39, 0.29) is 17.7 Å². The van der Waals surface area contributed by atoms with E-state index in [1.807, 2.05) is 51.1 Å². The lowest BCUT2D eigenvalue weighted by Crippen LogP contribution is -2.21. The third-order valence-electron chi connectivity index (χ3n) is 3.12. The first-order valence-corrected chi connectivity index (χ1v) is 6.19. The van der Waals surface area contributed by atoms with Gasteiger partial charge in [0.2, 0.25) is 0 Å². The lowest BCUT2D eigenvalue weighted by molar-refractivity contribution is -0.118. The molecule has 1 unspecified atom stereocenters. The van der Waals surface area contributed by atoms with Crippen LogP contribution in [0, 0.1) is 5.92 Å². The molecule has 1 atom stereocenters. The van der Waals surface area contributed by atoms with E-state index >= 15 is 0 Å². The Balaban J connectivity index is 2.42. The fraction of sp³-hybridized carbons (Fsp3) is 0.333. The zero-order valence-electron chi connectivity index (χ0n) is 11.0. The van der Waals surface area contributed by atoms with Gasteiger partial charge in [-0.1, -0.05) is 44.2 Å². The fourth-order valence-electron chi connectivity index (χ4n) is 2.16. The first kappa shape index (κ1) is 12.6. The predicted molar refractivity (Wildman–Crippen MR) is 73.5 cm³/mol. The van der Waals surface area contributed by atoms with Crippen molar-refractivity contribution >= 4 is 11.5 Å². The molecule has 0 bridgehead atoms. The highest BCUT2D eigenvalue weighted by atomic mass is 16.1. The van der Waals surface area contributed by atoms with Gasteiger partial charge in [0.25, 0.3) is 0 Å². The maximum atomic E-state index is 12.1. The normalized spacial score (nSPS) is 19.3. The Labute approximate surface area is 107 Å². The molecule has 18 heavy (non-hydrogen) atoms. The molecular formula is C15H18N2O. The van der Waals surface area contributed by atoms with E-state index < -0.39 is 0 Å². The highest BCUT2D eigenvalue weighted by Gasteiger charge is 2.30. The van der Waals surface area contributed by atoms with Gasteiger partial charge in [-0.15, -0.1) is 0 Å². The Morgan fingerprint density at radius 1 is 1.28 bits per heavy atom. The van der Waals surface area contributed by atoms with Crippen LogP contribution in [0.1, 0.15) is 26.3 Å². The molecule has 0 saturated heterocycles. The van der Waals surface area contributed by atoms with Gasteiger partial charge in [0, 0.05) is 17.1 Å². The summed E-state index contributed by atoms with van der Waals surface area (Å²) in [4.78, 5) is 16.7. The van der Waals surface area contributed by atoms with Gasteiger partial charge in [-0.05, 0) is 6.92 Å². The van der Waals surface area contributed by atoms with E-state index in [2.05, 4.69) is 4.99 Å². The van der Waals surface area contributed by atoms with Crippen molar-refractivity contribution in [3.05, 3.63) is 47.2 Å². The molecule has 94 valence electrons. The minimum Gasteiger partial charge on any atom is -0.397 e. The second-order valence-electron chi connectivity index (χ2n) is 4.87. The lowest BCUT2D eigenvalue weighted by Gasteiger charge is -2.09. The fourth-order valence-corrected chi connectivity index (χ4v) is 2.16. The minimum absolute atomic E-state index is 0.0497. The van der Waals surface area contributed by atoms with Crippen LogP contribution < -0.4 is 5.73 Å². The van der Waals surface area contributed by atoms with Crippen molar-refractivity contribution in [2.75, 3.05) is 0 Å². The van der Waals surface area contributed by atoms with Crippen LogP contribution >= 0.6 is 0 Å². The monoisotopic (exact) mass is 242 g/mol. The highest BCUT2D eigenvalue weighted by molar-refractivity contribution is 6.19. The molecule has 0 fully saturated rings. The molecule has 0 aliphatic carbocycles. The summed E-state index contributed by atoms with van der Waals surface area (Å²) in [6, 6.07) is 9.61. The number of benzene rings is 1. The van der Waals surface area contributed by atoms with Crippen LogP contribution in [0.2, 0.25) is 0 Å². The summed E-state index contributed by atoms with van der Waals surface area (Å²) < 4.78 is 0. The first-order valence-electron chi connectivity index (χ1n) is 6.19. The molecule has 0 aromatic heterocycles. The van der Waals surface area contributed by atoms with E-state index in [9.17, 15) is 4.79 Å². The number of rotatable bonds is 3. The van der Waals surface area contributed by atoms with Crippen molar-refractivity contribution < 1.29 is 4.79 Å². The highest BCUT2D eigenvalue weighted by Crippen LogP contribution is 2.25. The van der Waals surface area contributed by atoms with Gasteiger partial charge in [0.05, 0.1) is 17.5 Å². The SMILES string of the molecule is CC(C)C(=O)C1=C(N)C(c2ccccc2)=NC1C. The average molecular weight is 242 g/mol. The summed E-state index contributed by atoms with van der Waals surface area (Å²) >= 11 is 0. The number of ketones is 1. The molecule has 3 nitrogen and oxygen atoms in total. The van der Waals surface area contributed by atoms with E-state index in [1.165, 1.54) is 0 Å². The molecule has 3 heteroatoms. The van der Waals surface area contributed by atoms with E-state index in [4.69, 9.17) is 5.73 Å². The smallest absolute Gasteiger partial charge is 0.165 e. The molecular weight excluding hydrogens is 224 g/mol. The largest absolute Gasteiger partial charge is 0.397 e. The number of hydrogen-bond donors (Lipinski definition) is 1. The van der Waals surface area contributed by atoms with Crippen LogP contribution in [0.5, 0.6) is 0 Å². The topological polar surface area (TPSA) is 55.5 Å². The predicted octanol–water partition coefficient (Wildman–Crippen LogP) is 2.32. The van der Waals surface area contributed by atoms with Gasteiger partial charge in [-0.2, -0.15) is 0 Å². The summed E-state index contributed by atoms with van der Waals surface area (Å²) in [7, 11) is 0. The average Bonchev–Trinajstić information content (AvgIpc) is 2.65. The van der Waals surface area contributed by atoms with Crippen LogP contribution in [0.4, 0.5) is 0 Å². The molecule has 2 rings (SSSR count). The quantitative estimate of drug-likeness (QED) is 0.884. The molecule has 1 aromatic rings. The van der Waals surface area contributed by atoms with Crippen LogP contribution in [0.25, 0.3) is 0 Å². The number of aliphatic imine (C=N–C) groups is 1. The van der Waals surface area contributed by atoms with Gasteiger partial charge in [0.1, 0.15) is 0 Å². The second-order valence-corrected chi connectivity index (χ2v) is 4.87. The number of nitrogens with zero attached hydrogens (tertiary/aromatic N) is 1. The molecule has 1 aromatic carbocycles. The van der Waals surface area contributed by atoms with Crippen molar-refractivity contribution in [1.82, 2.24) is 0 Å². The summed E-state index contributed by atoms with van der Waals surface area (Å²) in [5, 5.41) is 0. The number of carbonyl (C=O) groups excluding carboxylic acids is 1. The van der Waals surface area contributed by atoms with E-state index in [0.717, 1.165) is 11.3 Å². The van der Waals surface area contributed by atoms with E-state index in [0.29, 0.717) is 11.3 Å². The zero-order chi connectivity index (χ0) is 13.3. The second kappa shape index (κ2) is 4.77. The molecule has 2 N–H and O–H groups in total. The molecule has 1 aliphatic heterocycles. The third kappa shape index (κ3) is 2.08. The van der Waals surface area contributed by atoms with Crippen molar-refractivity contribution in [3.63, 3.8) is 0 Å². The Morgan fingerprint density at radius 3 is 2.44 bits per heavy atom. The Bertz CT molecular complexity index is 527. The van der Waals surface area contributed by atoms with E-state index in [1.54, 1.807) is 0 Å². The van der Waals surface area contributed by atoms with Gasteiger partial charge in [0.15, 0.2) is 5.78 Å². The van der Waals surface area contributed by atoms with Crippen LogP contribution in [0.3, 0.4) is 0 Å². The summed E-state index contributed by atoms with van der Waals surface area (Å²) in [5.41, 5.74) is 9.01.